The number of rotatable bonds is 40. The molecule has 0 rings (SSSR count). The molecule has 8 nitrogen and oxygen atoms in total. The smallest absolute Gasteiger partial charge is 0.462 e. The van der Waals surface area contributed by atoms with E-state index in [1.54, 1.807) is 0 Å². The van der Waals surface area contributed by atoms with Crippen LogP contribution in [0.1, 0.15) is 194 Å². The van der Waals surface area contributed by atoms with Crippen molar-refractivity contribution < 1.29 is 37.9 Å². The first-order valence-corrected chi connectivity index (χ1v) is 23.8. The van der Waals surface area contributed by atoms with Gasteiger partial charge in [-0.15, -0.1) is 0 Å². The number of esters is 2. The Balaban J connectivity index is 3.98. The van der Waals surface area contributed by atoms with Crippen molar-refractivity contribution in [1.29, 1.82) is 0 Å². The van der Waals surface area contributed by atoms with Crippen LogP contribution in [0.15, 0.2) is 72.9 Å². The number of allylic oxidation sites excluding steroid dienone is 12. The summed E-state index contributed by atoms with van der Waals surface area (Å²) in [7, 11) is -4.77. The molecule has 0 unspecified atom stereocenters. The maximum atomic E-state index is 12.4. The Morgan fingerprint density at radius 3 is 1.21 bits per heavy atom. The molecular formula is C47H81O8P. The third kappa shape index (κ3) is 44.2. The first-order chi connectivity index (χ1) is 27.3. The van der Waals surface area contributed by atoms with Gasteiger partial charge in [0.25, 0.3) is 0 Å². The van der Waals surface area contributed by atoms with Crippen LogP contribution in [0.4, 0.5) is 0 Å². The van der Waals surface area contributed by atoms with Crippen LogP contribution in [0.25, 0.3) is 0 Å². The third-order valence-electron chi connectivity index (χ3n) is 9.20. The van der Waals surface area contributed by atoms with Crippen molar-refractivity contribution in [2.75, 3.05) is 13.2 Å². The van der Waals surface area contributed by atoms with Crippen molar-refractivity contribution in [2.45, 2.75) is 200 Å². The third-order valence-corrected chi connectivity index (χ3v) is 9.68. The average Bonchev–Trinajstić information content (AvgIpc) is 3.17. The summed E-state index contributed by atoms with van der Waals surface area (Å²) in [6, 6.07) is 0. The lowest BCUT2D eigenvalue weighted by atomic mass is 10.1. The second-order valence-corrected chi connectivity index (χ2v) is 15.9. The van der Waals surface area contributed by atoms with E-state index in [1.807, 2.05) is 0 Å². The zero-order chi connectivity index (χ0) is 41.1. The summed E-state index contributed by atoms with van der Waals surface area (Å²) in [5.41, 5.74) is 0. The van der Waals surface area contributed by atoms with E-state index >= 15 is 0 Å². The van der Waals surface area contributed by atoms with Crippen molar-refractivity contribution in [1.82, 2.24) is 0 Å². The summed E-state index contributed by atoms with van der Waals surface area (Å²) in [6.45, 7) is 3.61. The topological polar surface area (TPSA) is 119 Å². The van der Waals surface area contributed by atoms with Gasteiger partial charge in [0.2, 0.25) is 0 Å². The van der Waals surface area contributed by atoms with Crippen molar-refractivity contribution in [3.05, 3.63) is 72.9 Å². The van der Waals surface area contributed by atoms with Crippen molar-refractivity contribution >= 4 is 19.8 Å². The Morgan fingerprint density at radius 1 is 0.464 bits per heavy atom. The minimum atomic E-state index is -4.77. The fourth-order valence-corrected chi connectivity index (χ4v) is 6.22. The van der Waals surface area contributed by atoms with Gasteiger partial charge in [-0.2, -0.15) is 0 Å². The molecule has 0 aliphatic rings. The number of carbonyl (C=O) groups excluding carboxylic acids is 2. The molecule has 0 heterocycles. The summed E-state index contributed by atoms with van der Waals surface area (Å²) < 4.78 is 26.4. The minimum absolute atomic E-state index is 0.196. The number of carbonyl (C=O) groups is 2. The van der Waals surface area contributed by atoms with E-state index in [4.69, 9.17) is 19.3 Å². The summed E-state index contributed by atoms with van der Waals surface area (Å²) >= 11 is 0. The van der Waals surface area contributed by atoms with E-state index in [-0.39, 0.29) is 19.4 Å². The lowest BCUT2D eigenvalue weighted by Gasteiger charge is -2.18. The summed E-state index contributed by atoms with van der Waals surface area (Å²) in [5, 5.41) is 0. The van der Waals surface area contributed by atoms with Gasteiger partial charge >= 0.3 is 19.8 Å². The van der Waals surface area contributed by atoms with Gasteiger partial charge in [-0.3, -0.25) is 14.1 Å². The highest BCUT2D eigenvalue weighted by molar-refractivity contribution is 7.46. The van der Waals surface area contributed by atoms with Crippen LogP contribution in [0.3, 0.4) is 0 Å². The predicted octanol–water partition coefficient (Wildman–Crippen LogP) is 13.9. The lowest BCUT2D eigenvalue weighted by molar-refractivity contribution is -0.161. The Bertz CT molecular complexity index is 1130. The first-order valence-electron chi connectivity index (χ1n) is 22.2. The van der Waals surface area contributed by atoms with Crippen LogP contribution < -0.4 is 0 Å². The molecule has 0 saturated carbocycles. The fourth-order valence-electron chi connectivity index (χ4n) is 5.86. The molecule has 0 saturated heterocycles. The summed E-state index contributed by atoms with van der Waals surface area (Å²) in [4.78, 5) is 42.9. The van der Waals surface area contributed by atoms with E-state index < -0.39 is 32.5 Å². The molecule has 0 aromatic rings. The molecular weight excluding hydrogens is 723 g/mol. The second kappa shape index (κ2) is 42.1. The van der Waals surface area contributed by atoms with Crippen LogP contribution in [0, 0.1) is 0 Å². The monoisotopic (exact) mass is 805 g/mol. The highest BCUT2D eigenvalue weighted by Gasteiger charge is 2.22. The van der Waals surface area contributed by atoms with Gasteiger partial charge in [0.05, 0.1) is 6.61 Å². The predicted molar refractivity (Wildman–Crippen MR) is 234 cm³/mol. The van der Waals surface area contributed by atoms with Crippen LogP contribution in [-0.2, 0) is 28.2 Å². The van der Waals surface area contributed by atoms with Gasteiger partial charge in [-0.05, 0) is 89.9 Å². The Hall–Kier alpha value is -2.51. The van der Waals surface area contributed by atoms with Crippen molar-refractivity contribution in [3.8, 4) is 0 Å². The molecule has 2 N–H and O–H groups in total. The first kappa shape index (κ1) is 53.5. The van der Waals surface area contributed by atoms with Crippen LogP contribution in [0.2, 0.25) is 0 Å². The van der Waals surface area contributed by atoms with Crippen LogP contribution in [0.5, 0.6) is 0 Å². The van der Waals surface area contributed by atoms with Gasteiger partial charge in [-0.1, -0.05) is 164 Å². The van der Waals surface area contributed by atoms with Gasteiger partial charge in [0.15, 0.2) is 6.10 Å². The molecule has 1 atom stereocenters. The molecule has 0 aromatic carbocycles. The Morgan fingerprint density at radius 2 is 0.804 bits per heavy atom. The SMILES string of the molecule is CCCCC/C=C/C/C=C/C/C=C/C/C=C/CCCCCC(=O)OC[C@H](COP(=O)(O)O)OC(=O)CCCCCCCCCCC/C=C/C/C=C/CCCCC. The largest absolute Gasteiger partial charge is 0.469 e. The van der Waals surface area contributed by atoms with Crippen molar-refractivity contribution in [3.63, 3.8) is 0 Å². The van der Waals surface area contributed by atoms with Crippen molar-refractivity contribution in [2.24, 2.45) is 0 Å². The van der Waals surface area contributed by atoms with Gasteiger partial charge in [0, 0.05) is 12.8 Å². The summed E-state index contributed by atoms with van der Waals surface area (Å²) in [6.07, 6.45) is 54.7. The van der Waals surface area contributed by atoms with E-state index in [1.165, 1.54) is 83.5 Å². The molecule has 0 fully saturated rings. The number of phosphoric ester groups is 1. The minimum Gasteiger partial charge on any atom is -0.462 e. The zero-order valence-corrected chi connectivity index (χ0v) is 36.4. The molecule has 9 heteroatoms. The zero-order valence-electron chi connectivity index (χ0n) is 35.5. The number of phosphoric acid groups is 1. The highest BCUT2D eigenvalue weighted by Crippen LogP contribution is 2.36. The number of unbranched alkanes of at least 4 members (excludes halogenated alkanes) is 18. The highest BCUT2D eigenvalue weighted by atomic mass is 31.2. The Kier molecular flexibility index (Phi) is 40.2. The molecule has 0 aliphatic heterocycles. The second-order valence-electron chi connectivity index (χ2n) is 14.7. The van der Waals surface area contributed by atoms with Crippen LogP contribution in [-0.4, -0.2) is 41.0 Å². The molecule has 0 bridgehead atoms. The molecule has 0 spiro atoms. The van der Waals surface area contributed by atoms with Gasteiger partial charge in [-0.25, -0.2) is 4.57 Å². The molecule has 56 heavy (non-hydrogen) atoms. The average molecular weight is 805 g/mol. The maximum absolute atomic E-state index is 12.4. The molecule has 0 amide bonds. The van der Waals surface area contributed by atoms with E-state index in [2.05, 4.69) is 91.3 Å². The molecule has 0 aromatic heterocycles. The Labute approximate surface area is 342 Å². The fraction of sp³-hybridized carbons (Fsp3) is 0.702. The van der Waals surface area contributed by atoms with Crippen LogP contribution >= 0.6 is 7.82 Å². The molecule has 0 aliphatic carbocycles. The van der Waals surface area contributed by atoms with E-state index in [0.717, 1.165) is 70.6 Å². The number of hydrogen-bond donors (Lipinski definition) is 2. The normalized spacial score (nSPS) is 13.1. The number of ether oxygens (including phenoxy) is 2. The summed E-state index contributed by atoms with van der Waals surface area (Å²) in [5.74, 6) is -0.928. The quantitative estimate of drug-likeness (QED) is 0.0272. The number of hydrogen-bond acceptors (Lipinski definition) is 6. The van der Waals surface area contributed by atoms with E-state index in [0.29, 0.717) is 12.8 Å². The van der Waals surface area contributed by atoms with Gasteiger partial charge in [0.1, 0.15) is 6.61 Å². The molecule has 0 radical (unpaired) electrons. The van der Waals surface area contributed by atoms with Gasteiger partial charge < -0.3 is 19.3 Å². The maximum Gasteiger partial charge on any atom is 0.469 e. The van der Waals surface area contributed by atoms with E-state index in [9.17, 15) is 14.2 Å². The molecule has 322 valence electrons. The lowest BCUT2D eigenvalue weighted by Crippen LogP contribution is -2.29. The standard InChI is InChI=1S/C47H81O8P/c1-3-5-7-9-11-13-15-17-19-21-23-25-27-29-31-33-35-37-39-41-46(48)53-43-45(44-54-56(50,51)52)55-47(49)42-40-38-36-34-32-30-28-26-24-22-20-18-16-14-12-10-8-6-4-2/h11-14,17-20,23,25,29,31,45H,3-10,15-16,21-22,24,26-28,30,32-44H2,1-2H3,(H2,50,51,52)/b13-11+,14-12+,19-17+,20-18+,25-23+,31-29+/t45-/m1/s1.